The first-order valence-electron chi connectivity index (χ1n) is 8.40. The number of hydrogen-bond donors (Lipinski definition) is 1. The van der Waals surface area contributed by atoms with E-state index in [0.717, 1.165) is 12.0 Å². The van der Waals surface area contributed by atoms with Gasteiger partial charge in [-0.15, -0.1) is 0 Å². The van der Waals surface area contributed by atoms with Gasteiger partial charge in [0.1, 0.15) is 5.75 Å². The predicted molar refractivity (Wildman–Crippen MR) is 100 cm³/mol. The summed E-state index contributed by atoms with van der Waals surface area (Å²) in [6, 6.07) is 14.5. The molecule has 0 spiro atoms. The highest BCUT2D eigenvalue weighted by molar-refractivity contribution is 6.30. The number of carbonyl (C=O) groups excluding carboxylic acids is 2. The number of benzene rings is 2. The van der Waals surface area contributed by atoms with Gasteiger partial charge in [-0.05, 0) is 48.7 Å². The van der Waals surface area contributed by atoms with Gasteiger partial charge in [-0.2, -0.15) is 0 Å². The molecule has 5 nitrogen and oxygen atoms in total. The second-order valence-corrected chi connectivity index (χ2v) is 6.22. The highest BCUT2D eigenvalue weighted by Gasteiger charge is 2.12. The normalized spacial score (nSPS) is 11.5. The average molecular weight is 376 g/mol. The van der Waals surface area contributed by atoms with E-state index in [0.29, 0.717) is 10.8 Å². The molecule has 0 aliphatic heterocycles. The smallest absolute Gasteiger partial charge is 0.344 e. The van der Waals surface area contributed by atoms with Crippen LogP contribution in [0.15, 0.2) is 48.5 Å². The maximum atomic E-state index is 11.9. The van der Waals surface area contributed by atoms with E-state index in [-0.39, 0.29) is 25.2 Å². The molecule has 2 rings (SSSR count). The summed E-state index contributed by atoms with van der Waals surface area (Å²) in [6.07, 6.45) is 0.967. The summed E-state index contributed by atoms with van der Waals surface area (Å²) in [5.41, 5.74) is 2.23. The van der Waals surface area contributed by atoms with Gasteiger partial charge in [0.05, 0.1) is 6.04 Å². The van der Waals surface area contributed by atoms with E-state index in [1.54, 1.807) is 24.3 Å². The summed E-state index contributed by atoms with van der Waals surface area (Å²) in [7, 11) is 0. The Morgan fingerprint density at radius 1 is 1.04 bits per heavy atom. The van der Waals surface area contributed by atoms with Crippen LogP contribution in [0.2, 0.25) is 5.02 Å². The number of carbonyl (C=O) groups is 2. The largest absolute Gasteiger partial charge is 0.482 e. The lowest BCUT2D eigenvalue weighted by atomic mass is 10.1. The number of esters is 1. The fourth-order valence-electron chi connectivity index (χ4n) is 2.27. The number of aryl methyl sites for hydroxylation is 1. The molecule has 0 radical (unpaired) electrons. The highest BCUT2D eigenvalue weighted by Crippen LogP contribution is 2.15. The standard InChI is InChI=1S/C20H22ClNO4/c1-3-15-4-6-16(7-5-15)14(2)22-19(23)12-26-20(24)13-25-18-10-8-17(21)9-11-18/h4-11,14H,3,12-13H2,1-2H3,(H,22,23)/t14-/m1/s1. The molecule has 138 valence electrons. The van der Waals surface area contributed by atoms with Crippen molar-refractivity contribution in [2.75, 3.05) is 13.2 Å². The average Bonchev–Trinajstić information content (AvgIpc) is 2.66. The first-order valence-corrected chi connectivity index (χ1v) is 8.78. The van der Waals surface area contributed by atoms with E-state index in [1.807, 2.05) is 31.2 Å². The van der Waals surface area contributed by atoms with Crippen molar-refractivity contribution in [3.05, 3.63) is 64.7 Å². The second-order valence-electron chi connectivity index (χ2n) is 5.79. The molecular weight excluding hydrogens is 354 g/mol. The molecule has 2 aromatic carbocycles. The monoisotopic (exact) mass is 375 g/mol. The molecule has 0 aliphatic carbocycles. The van der Waals surface area contributed by atoms with Crippen LogP contribution in [-0.4, -0.2) is 25.1 Å². The quantitative estimate of drug-likeness (QED) is 0.714. The summed E-state index contributed by atoms with van der Waals surface area (Å²) in [5, 5.41) is 3.38. The minimum Gasteiger partial charge on any atom is -0.482 e. The van der Waals surface area contributed by atoms with Crippen LogP contribution in [0.5, 0.6) is 5.75 Å². The zero-order valence-corrected chi connectivity index (χ0v) is 15.6. The van der Waals surface area contributed by atoms with E-state index >= 15 is 0 Å². The van der Waals surface area contributed by atoms with Gasteiger partial charge >= 0.3 is 5.97 Å². The van der Waals surface area contributed by atoms with Crippen molar-refractivity contribution >= 4 is 23.5 Å². The molecule has 0 saturated carbocycles. The van der Waals surface area contributed by atoms with Gasteiger partial charge in [0.25, 0.3) is 5.91 Å². The number of hydrogen-bond acceptors (Lipinski definition) is 4. The molecule has 0 aliphatic rings. The molecule has 0 fully saturated rings. The van der Waals surface area contributed by atoms with Crippen molar-refractivity contribution in [2.45, 2.75) is 26.3 Å². The van der Waals surface area contributed by atoms with E-state index in [2.05, 4.69) is 12.2 Å². The lowest BCUT2D eigenvalue weighted by molar-refractivity contribution is -0.150. The number of ether oxygens (including phenoxy) is 2. The van der Waals surface area contributed by atoms with Crippen LogP contribution in [0.4, 0.5) is 0 Å². The third-order valence-electron chi connectivity index (χ3n) is 3.80. The molecule has 0 heterocycles. The Morgan fingerprint density at radius 2 is 1.69 bits per heavy atom. The summed E-state index contributed by atoms with van der Waals surface area (Å²) < 4.78 is 10.2. The van der Waals surface area contributed by atoms with E-state index < -0.39 is 5.97 Å². The molecule has 1 N–H and O–H groups in total. The van der Waals surface area contributed by atoms with Crippen LogP contribution in [0.25, 0.3) is 0 Å². The highest BCUT2D eigenvalue weighted by atomic mass is 35.5. The van der Waals surface area contributed by atoms with Crippen molar-refractivity contribution in [1.82, 2.24) is 5.32 Å². The van der Waals surface area contributed by atoms with Gasteiger partial charge in [0.2, 0.25) is 0 Å². The van der Waals surface area contributed by atoms with Crippen LogP contribution in [0.1, 0.15) is 31.0 Å². The fraction of sp³-hybridized carbons (Fsp3) is 0.300. The van der Waals surface area contributed by atoms with Crippen LogP contribution >= 0.6 is 11.6 Å². The predicted octanol–water partition coefficient (Wildman–Crippen LogP) is 3.70. The Hall–Kier alpha value is -2.53. The molecule has 6 heteroatoms. The third kappa shape index (κ3) is 6.41. The molecule has 26 heavy (non-hydrogen) atoms. The molecule has 2 aromatic rings. The minimum atomic E-state index is -0.616. The number of nitrogens with one attached hydrogen (secondary N) is 1. The van der Waals surface area contributed by atoms with Gasteiger partial charge in [0, 0.05) is 5.02 Å². The Kier molecular flexibility index (Phi) is 7.48. The molecular formula is C20H22ClNO4. The van der Waals surface area contributed by atoms with E-state index in [9.17, 15) is 9.59 Å². The number of rotatable bonds is 8. The molecule has 1 amide bonds. The Balaban J connectivity index is 1.71. The molecule has 0 aromatic heterocycles. The Morgan fingerprint density at radius 3 is 2.31 bits per heavy atom. The fourth-order valence-corrected chi connectivity index (χ4v) is 2.40. The van der Waals surface area contributed by atoms with Crippen molar-refractivity contribution in [1.29, 1.82) is 0 Å². The van der Waals surface area contributed by atoms with Crippen LogP contribution in [0.3, 0.4) is 0 Å². The topological polar surface area (TPSA) is 64.6 Å². The summed E-state index contributed by atoms with van der Waals surface area (Å²) in [6.45, 7) is 3.35. The van der Waals surface area contributed by atoms with Crippen molar-refractivity contribution in [3.63, 3.8) is 0 Å². The van der Waals surface area contributed by atoms with Crippen molar-refractivity contribution in [2.24, 2.45) is 0 Å². The number of amides is 1. The van der Waals surface area contributed by atoms with E-state index in [1.165, 1.54) is 5.56 Å². The molecule has 0 unspecified atom stereocenters. The Bertz CT molecular complexity index is 728. The zero-order valence-electron chi connectivity index (χ0n) is 14.8. The van der Waals surface area contributed by atoms with Gasteiger partial charge in [-0.25, -0.2) is 4.79 Å². The van der Waals surface area contributed by atoms with E-state index in [4.69, 9.17) is 21.1 Å². The van der Waals surface area contributed by atoms with Gasteiger partial charge in [-0.3, -0.25) is 4.79 Å². The lowest BCUT2D eigenvalue weighted by Gasteiger charge is -2.15. The minimum absolute atomic E-state index is 0.169. The maximum Gasteiger partial charge on any atom is 0.344 e. The van der Waals surface area contributed by atoms with Crippen LogP contribution < -0.4 is 10.1 Å². The second kappa shape index (κ2) is 9.82. The van der Waals surface area contributed by atoms with Gasteiger partial charge in [-0.1, -0.05) is 42.8 Å². The van der Waals surface area contributed by atoms with Gasteiger partial charge < -0.3 is 14.8 Å². The number of halogens is 1. The Labute approximate surface area is 158 Å². The molecule has 0 bridgehead atoms. The first-order chi connectivity index (χ1) is 12.5. The van der Waals surface area contributed by atoms with Crippen LogP contribution in [-0.2, 0) is 20.7 Å². The van der Waals surface area contributed by atoms with Gasteiger partial charge in [0.15, 0.2) is 13.2 Å². The maximum absolute atomic E-state index is 11.9. The summed E-state index contributed by atoms with van der Waals surface area (Å²) in [5.74, 6) is -0.480. The van der Waals surface area contributed by atoms with Crippen LogP contribution in [0, 0.1) is 0 Å². The third-order valence-corrected chi connectivity index (χ3v) is 4.05. The first kappa shape index (κ1) is 19.8. The zero-order chi connectivity index (χ0) is 18.9. The molecule has 0 saturated heterocycles. The molecule has 1 atom stereocenters. The lowest BCUT2D eigenvalue weighted by Crippen LogP contribution is -2.31. The summed E-state index contributed by atoms with van der Waals surface area (Å²) >= 11 is 5.77. The van der Waals surface area contributed by atoms with Crippen molar-refractivity contribution in [3.8, 4) is 5.75 Å². The van der Waals surface area contributed by atoms with Crippen molar-refractivity contribution < 1.29 is 19.1 Å². The SMILES string of the molecule is CCc1ccc([C@@H](C)NC(=O)COC(=O)COc2ccc(Cl)cc2)cc1. The summed E-state index contributed by atoms with van der Waals surface area (Å²) in [4.78, 5) is 23.6.